The average Bonchev–Trinajstić information content (AvgIpc) is 3.72. The van der Waals surface area contributed by atoms with E-state index in [1.807, 2.05) is 6.07 Å². The van der Waals surface area contributed by atoms with Crippen LogP contribution < -0.4 is 15.4 Å². The second kappa shape index (κ2) is 14.4. The molecule has 0 spiro atoms. The molecule has 2 saturated carbocycles. The van der Waals surface area contributed by atoms with Gasteiger partial charge in [0, 0.05) is 12.6 Å². The molecule has 4 fully saturated rings. The maximum absolute atomic E-state index is 13.1. The summed E-state index contributed by atoms with van der Waals surface area (Å²) in [5.41, 5.74) is -0.227. The number of fused-ring (bicyclic) bond motifs is 7. The van der Waals surface area contributed by atoms with Crippen LogP contribution in [0, 0.1) is 23.2 Å². The van der Waals surface area contributed by atoms with Gasteiger partial charge in [-0.25, -0.2) is 4.98 Å². The monoisotopic (exact) mass is 770 g/mol. The standard InChI is InChI=1S/C38H45F3N6O8/c1-36-11-10-23-22-5-4-21(48)14-20(22)13-19(30(23)24(36)6-8-27(36)49)3-2-12-43-34(52)25-7-9-29(47-46-25)53-17-37-18-54-35(55-37)31(32(50)33(37)51)45-28-16-42-15-26(44-28)38(39,40)41/h4-5,7,9,14-16,19,23-24,27,30-33,35,48-51H,2-3,6,8,10-13,17-18H2,1H3,(H,43,52)(H,44,45)/t19?,23?,24?,27-,30?,31+,32+,33+,35-,36-,37-/m0/s1. The minimum Gasteiger partial charge on any atom is -0.508 e. The molecule has 17 heteroatoms. The second-order valence-electron chi connectivity index (χ2n) is 16.0. The number of amides is 1. The lowest BCUT2D eigenvalue weighted by Crippen LogP contribution is -2.64. The summed E-state index contributed by atoms with van der Waals surface area (Å²) in [4.78, 5) is 20.0. The number of rotatable bonds is 10. The number of alkyl halides is 3. The van der Waals surface area contributed by atoms with Gasteiger partial charge in [0.25, 0.3) is 5.91 Å². The van der Waals surface area contributed by atoms with Gasteiger partial charge in [0.1, 0.15) is 36.4 Å². The lowest BCUT2D eigenvalue weighted by Gasteiger charge is -2.53. The third-order valence-electron chi connectivity index (χ3n) is 12.8. The first-order valence-electron chi connectivity index (χ1n) is 18.8. The maximum Gasteiger partial charge on any atom is 0.434 e. The molecule has 6 N–H and O–H groups in total. The number of phenolic OH excluding ortho intramolecular Hbond substituents is 1. The molecule has 2 aliphatic heterocycles. The number of aliphatic hydroxyl groups is 3. The van der Waals surface area contributed by atoms with E-state index in [1.165, 1.54) is 23.3 Å². The molecule has 4 heterocycles. The number of aromatic nitrogens is 4. The van der Waals surface area contributed by atoms with Gasteiger partial charge in [0.05, 0.1) is 25.1 Å². The molecule has 0 radical (unpaired) electrons. The van der Waals surface area contributed by atoms with Crippen molar-refractivity contribution >= 4 is 11.7 Å². The quantitative estimate of drug-likeness (QED) is 0.164. The highest BCUT2D eigenvalue weighted by molar-refractivity contribution is 5.92. The van der Waals surface area contributed by atoms with Crippen molar-refractivity contribution in [2.24, 2.45) is 23.2 Å². The predicted octanol–water partition coefficient (Wildman–Crippen LogP) is 3.35. The van der Waals surface area contributed by atoms with E-state index in [-0.39, 0.29) is 47.9 Å². The Balaban J connectivity index is 0.838. The van der Waals surface area contributed by atoms with Gasteiger partial charge in [-0.2, -0.15) is 13.2 Å². The lowest BCUT2D eigenvalue weighted by atomic mass is 9.52. The van der Waals surface area contributed by atoms with Crippen molar-refractivity contribution in [2.45, 2.75) is 100 Å². The zero-order valence-corrected chi connectivity index (χ0v) is 30.2. The van der Waals surface area contributed by atoms with Crippen LogP contribution in [0.1, 0.15) is 78.7 Å². The SMILES string of the molecule is C[C@]12CCC3c4ccc(O)cc4CC(CCCNC(=O)c4ccc(OC[C@@]56CO[C@@H](O5)[C@H](Nc5cncc(C(F)(F)F)n5)[C@@H](O)[C@H]6O)nn4)C3C1CC[C@@H]2O. The van der Waals surface area contributed by atoms with Crippen molar-refractivity contribution in [3.05, 3.63) is 65.2 Å². The normalized spacial score (nSPS) is 35.0. The first-order chi connectivity index (χ1) is 26.3. The summed E-state index contributed by atoms with van der Waals surface area (Å²) in [6.45, 7) is 2.17. The molecule has 8 rings (SSSR count). The summed E-state index contributed by atoms with van der Waals surface area (Å²) in [6, 6.07) is 7.49. The largest absolute Gasteiger partial charge is 0.508 e. The molecule has 5 aliphatic rings. The zero-order valence-electron chi connectivity index (χ0n) is 30.2. The van der Waals surface area contributed by atoms with E-state index >= 15 is 0 Å². The summed E-state index contributed by atoms with van der Waals surface area (Å²) in [5.74, 6) is 1.23. The molecular formula is C38H45F3N6O8. The Morgan fingerprint density at radius 3 is 2.71 bits per heavy atom. The number of benzene rings is 1. The summed E-state index contributed by atoms with van der Waals surface area (Å²) in [5, 5.41) is 56.6. The Morgan fingerprint density at radius 1 is 1.09 bits per heavy atom. The van der Waals surface area contributed by atoms with E-state index in [0.29, 0.717) is 36.4 Å². The molecule has 296 valence electrons. The van der Waals surface area contributed by atoms with Gasteiger partial charge < -0.3 is 45.3 Å². The fourth-order valence-corrected chi connectivity index (χ4v) is 9.98. The van der Waals surface area contributed by atoms with E-state index in [2.05, 4.69) is 43.8 Å². The number of phenols is 1. The van der Waals surface area contributed by atoms with Crippen LogP contribution in [0.5, 0.6) is 11.6 Å². The number of nitrogens with zero attached hydrogens (tertiary/aromatic N) is 4. The topological polar surface area (TPSA) is 201 Å². The van der Waals surface area contributed by atoms with Gasteiger partial charge in [-0.3, -0.25) is 9.78 Å². The zero-order chi connectivity index (χ0) is 38.7. The molecule has 1 aromatic carbocycles. The van der Waals surface area contributed by atoms with E-state index in [0.717, 1.165) is 51.1 Å². The highest BCUT2D eigenvalue weighted by Gasteiger charge is 2.60. The van der Waals surface area contributed by atoms with Gasteiger partial charge in [0.2, 0.25) is 5.88 Å². The van der Waals surface area contributed by atoms with Crippen LogP contribution in [0.25, 0.3) is 0 Å². The maximum atomic E-state index is 13.1. The Bertz CT molecular complexity index is 1890. The minimum absolute atomic E-state index is 0.0221. The molecule has 55 heavy (non-hydrogen) atoms. The second-order valence-corrected chi connectivity index (χ2v) is 16.0. The van der Waals surface area contributed by atoms with Gasteiger partial charge in [-0.05, 0) is 103 Å². The van der Waals surface area contributed by atoms with Crippen molar-refractivity contribution in [3.63, 3.8) is 0 Å². The molecule has 2 aromatic heterocycles. The summed E-state index contributed by atoms with van der Waals surface area (Å²) in [6.07, 6.45) is -1.31. The third-order valence-corrected chi connectivity index (χ3v) is 12.8. The minimum atomic E-state index is -4.73. The average molecular weight is 771 g/mol. The van der Waals surface area contributed by atoms with Gasteiger partial charge in [0.15, 0.2) is 23.3 Å². The highest BCUT2D eigenvalue weighted by Crippen LogP contribution is 2.62. The van der Waals surface area contributed by atoms with Crippen LogP contribution in [0.3, 0.4) is 0 Å². The fraction of sp³-hybridized carbons (Fsp3) is 0.605. The van der Waals surface area contributed by atoms with E-state index in [1.54, 1.807) is 6.07 Å². The first-order valence-corrected chi connectivity index (χ1v) is 18.8. The number of halogens is 3. The highest BCUT2D eigenvalue weighted by atomic mass is 19.4. The Labute approximate surface area is 314 Å². The smallest absolute Gasteiger partial charge is 0.434 e. The summed E-state index contributed by atoms with van der Waals surface area (Å²) >= 11 is 0. The van der Waals surface area contributed by atoms with E-state index in [4.69, 9.17) is 14.2 Å². The van der Waals surface area contributed by atoms with Crippen LogP contribution in [0.4, 0.5) is 19.0 Å². The van der Waals surface area contributed by atoms with Crippen molar-refractivity contribution in [1.29, 1.82) is 0 Å². The van der Waals surface area contributed by atoms with Crippen molar-refractivity contribution in [2.75, 3.05) is 25.1 Å². The van der Waals surface area contributed by atoms with Gasteiger partial charge >= 0.3 is 6.18 Å². The van der Waals surface area contributed by atoms with Crippen LogP contribution in [-0.4, -0.2) is 103 Å². The van der Waals surface area contributed by atoms with Crippen LogP contribution in [0.15, 0.2) is 42.7 Å². The van der Waals surface area contributed by atoms with Crippen molar-refractivity contribution in [1.82, 2.24) is 25.5 Å². The molecule has 4 unspecified atom stereocenters. The number of carbonyl (C=O) groups is 1. The number of nitrogens with one attached hydrogen (secondary N) is 2. The Kier molecular flexibility index (Phi) is 9.89. The Hall–Kier alpha value is -4.16. The van der Waals surface area contributed by atoms with Gasteiger partial charge in [-0.1, -0.05) is 13.0 Å². The molecule has 11 atom stereocenters. The number of ether oxygens (including phenoxy) is 3. The van der Waals surface area contributed by atoms with E-state index in [9.17, 15) is 38.4 Å². The van der Waals surface area contributed by atoms with Crippen LogP contribution in [0.2, 0.25) is 0 Å². The lowest BCUT2D eigenvalue weighted by molar-refractivity contribution is -0.222. The molecule has 14 nitrogen and oxygen atoms in total. The van der Waals surface area contributed by atoms with Crippen molar-refractivity contribution in [3.8, 4) is 11.6 Å². The summed E-state index contributed by atoms with van der Waals surface area (Å²) < 4.78 is 56.6. The third kappa shape index (κ3) is 6.98. The number of hydrogen-bond donors (Lipinski definition) is 6. The molecular weight excluding hydrogens is 725 g/mol. The number of aliphatic hydroxyl groups excluding tert-OH is 3. The Morgan fingerprint density at radius 2 is 1.93 bits per heavy atom. The molecule has 1 amide bonds. The van der Waals surface area contributed by atoms with Crippen molar-refractivity contribution < 1.29 is 52.6 Å². The fourth-order valence-electron chi connectivity index (χ4n) is 9.98. The molecule has 3 aromatic rings. The predicted molar refractivity (Wildman–Crippen MR) is 187 cm³/mol. The van der Waals surface area contributed by atoms with Gasteiger partial charge in [-0.15, -0.1) is 10.2 Å². The number of carbonyl (C=O) groups excluding carboxylic acids is 1. The molecule has 2 bridgehead atoms. The molecule has 2 saturated heterocycles. The van der Waals surface area contributed by atoms with Crippen LogP contribution >= 0.6 is 0 Å². The first kappa shape index (κ1) is 37.7. The van der Waals surface area contributed by atoms with Crippen LogP contribution in [-0.2, 0) is 22.1 Å². The number of aromatic hydroxyl groups is 1. The molecule has 3 aliphatic carbocycles. The summed E-state index contributed by atoms with van der Waals surface area (Å²) in [7, 11) is 0. The number of hydrogen-bond acceptors (Lipinski definition) is 13. The number of anilines is 1. The van der Waals surface area contributed by atoms with E-state index < -0.39 is 47.9 Å².